The van der Waals surface area contributed by atoms with Gasteiger partial charge in [-0.25, -0.2) is 13.2 Å². The number of azide groups is 7. The molecule has 0 saturated carbocycles. The zero-order chi connectivity index (χ0) is 108. The molecule has 0 aromatic heterocycles. The number of amides is 7. The number of carbonyl (C=O) groups is 14. The summed E-state index contributed by atoms with van der Waals surface area (Å²) in [5.74, 6) is -13.8. The van der Waals surface area contributed by atoms with Gasteiger partial charge in [-0.05, 0) is 137 Å². The number of alkyl halides is 6. The van der Waals surface area contributed by atoms with Crippen LogP contribution in [0.4, 0.5) is 13.2 Å². The molecule has 0 bridgehead atoms. The second-order valence-electron chi connectivity index (χ2n) is 34.6. The van der Waals surface area contributed by atoms with Crippen LogP contribution in [0.25, 0.3) is 73.1 Å². The van der Waals surface area contributed by atoms with E-state index in [0.29, 0.717) is 4.43 Å². The summed E-state index contributed by atoms with van der Waals surface area (Å²) in [6, 6.07) is 0. The number of nitrogens with zero attached hydrogens (tertiary/aromatic N) is 28. The standard InChI is InChI=1S/C13H17FN4O3.C12H14FIN4O3.C11H12FIN4O4.C11H13IN4O4.C11H14N4O5.C11H14N4O4.C11H12N4O4.OS/c1-4-13(14)8(2)12(3,16-17-15)11(21-13)18-6-5-9(19)7-10(18)20;1-7-11(2,16-17-15)10(21-12(7,13)6-14)18-4-3-8(19)5-9(18)20;1-10(15-16-14)8(20)11(12,5-13)21-9(10)17-3-2-6(18)4-7(17)19;1-11(14-15-13)9(19)7(5-12)20-10(11)16-3-2-6(17)4-8(16)18;1-11(13-14-12)9(19)7(5-16)20-10(11)15-3-2-6(17)4-8(15)18;2*1-6-9(18)11(2,13-14-12)10(19-6)15-4-3-7(16)5-8(15)17;1-2/h5-6,8,11H,4,7H2,1-3H3;3-4,7,10H,5-6H2,1-2H3;2-3,8-9,20H,4-5H2,1H3;2-3,7,9-10,19H,4-5H2,1H3;2-3,7,9-10,16,19H,4-5H2,1H3;3-4,6,9-10,18H,5H2,1-2H3;3-4,9-10,18H,1,5H2,2H3;/t8-,11+,12+,13+;7-,10+,11+,12+;8-,9+,10+,11+;2*7-,9-,10-,11-;6-,9-,10-,11-;9-,10-,11-;/m0001111./s1/i;;;;;1T;;. The molecule has 14 rings (SSSR count). The van der Waals surface area contributed by atoms with Crippen molar-refractivity contribution in [1.29, 1.82) is 0 Å². The van der Waals surface area contributed by atoms with Gasteiger partial charge in [0.25, 0.3) is 0 Å². The molecule has 0 spiro atoms. The topological polar surface area (TPSA) is 806 Å². The minimum Gasteiger partial charge on any atom is -0.471 e. The first kappa shape index (κ1) is 117. The summed E-state index contributed by atoms with van der Waals surface area (Å²) in [7, 11) is 0. The van der Waals surface area contributed by atoms with Crippen molar-refractivity contribution in [3.63, 3.8) is 0 Å². The van der Waals surface area contributed by atoms with Gasteiger partial charge in [0.1, 0.15) is 51.8 Å². The van der Waals surface area contributed by atoms with Gasteiger partial charge in [0.05, 0.1) is 102 Å². The molecule has 6 N–H and O–H groups in total. The molecule has 772 valence electrons. The van der Waals surface area contributed by atoms with Crippen molar-refractivity contribution in [3.8, 4) is 0 Å². The fourth-order valence-electron chi connectivity index (χ4n) is 16.6. The second kappa shape index (κ2) is 48.4. The smallest absolute Gasteiger partial charge is 0.247 e. The van der Waals surface area contributed by atoms with Crippen LogP contribution < -0.4 is 0 Å². The fraction of sp³-hybridized carbons (Fsp3) is 0.625. The van der Waals surface area contributed by atoms with Gasteiger partial charge in [0, 0.05) is 102 Å². The highest BCUT2D eigenvalue weighted by Crippen LogP contribution is 2.53. The van der Waals surface area contributed by atoms with Crippen LogP contribution in [0.5, 0.6) is 0 Å². The van der Waals surface area contributed by atoms with E-state index in [4.69, 9.17) is 82.6 Å². The van der Waals surface area contributed by atoms with E-state index in [1.54, 1.807) is 57.2 Å². The molecule has 0 unspecified atom stereocenters. The molecule has 63 heteroatoms. The van der Waals surface area contributed by atoms with E-state index in [1.165, 1.54) is 113 Å². The van der Waals surface area contributed by atoms with Crippen LogP contribution in [0, 0.1) is 11.8 Å². The Kier molecular flexibility index (Phi) is 39.5. The van der Waals surface area contributed by atoms with Gasteiger partial charge in [-0.2, -0.15) is 4.21 Å². The van der Waals surface area contributed by atoms with Crippen LogP contribution in [0.1, 0.15) is 129 Å². The molecule has 14 aliphatic heterocycles. The number of hydrogen-bond donors (Lipinski definition) is 6. The lowest BCUT2D eigenvalue weighted by atomic mass is 9.82. The Bertz CT molecular complexity index is 5240. The Morgan fingerprint density at radius 1 is 0.399 bits per heavy atom. The third kappa shape index (κ3) is 24.3. The van der Waals surface area contributed by atoms with Gasteiger partial charge in [0.2, 0.25) is 58.9 Å². The predicted molar refractivity (Wildman–Crippen MR) is 504 cm³/mol. The van der Waals surface area contributed by atoms with Gasteiger partial charge < -0.3 is 63.8 Å². The lowest BCUT2D eigenvalue weighted by Gasteiger charge is -2.35. The van der Waals surface area contributed by atoms with E-state index in [1.807, 2.05) is 45.2 Å². The van der Waals surface area contributed by atoms with Gasteiger partial charge in [-0.1, -0.05) is 131 Å². The molecular weight excluding hydrogens is 2270 g/mol. The third-order valence-electron chi connectivity index (χ3n) is 25.3. The summed E-state index contributed by atoms with van der Waals surface area (Å²) in [6.07, 6.45) is -1.27. The fourth-order valence-corrected chi connectivity index (χ4v) is 18.7. The minimum atomic E-state index is -2.45. The van der Waals surface area contributed by atoms with Gasteiger partial charge in [-0.15, -0.1) is 0 Å². The van der Waals surface area contributed by atoms with Crippen LogP contribution in [-0.2, 0) is 113 Å². The number of allylic oxidation sites excluding steroid dienone is 7. The lowest BCUT2D eigenvalue weighted by molar-refractivity contribution is -0.186. The first-order chi connectivity index (χ1) is 67.5. The van der Waals surface area contributed by atoms with E-state index in [9.17, 15) is 106 Å². The summed E-state index contributed by atoms with van der Waals surface area (Å²) in [6.45, 7) is 17.8. The van der Waals surface area contributed by atoms with Crippen LogP contribution >= 0.6 is 67.8 Å². The Morgan fingerprint density at radius 3 is 0.944 bits per heavy atom. The summed E-state index contributed by atoms with van der Waals surface area (Å²) in [5.41, 5.74) is 51.0. The zero-order valence-electron chi connectivity index (χ0n) is 78.2. The van der Waals surface area contributed by atoms with Crippen LogP contribution in [0.3, 0.4) is 0 Å². The van der Waals surface area contributed by atoms with Crippen LogP contribution in [0.2, 0.25) is 0 Å². The Morgan fingerprint density at radius 2 is 0.650 bits per heavy atom. The number of halogens is 6. The van der Waals surface area contributed by atoms with E-state index in [-0.39, 0.29) is 113 Å². The molecule has 56 nitrogen and oxygen atoms in total. The minimum absolute atomic E-state index is 0.0120. The van der Waals surface area contributed by atoms with E-state index >= 15 is 0 Å². The maximum absolute atomic E-state index is 14.8. The number of aliphatic hydroxyl groups excluding tert-OH is 6. The molecule has 14 aliphatic rings. The quantitative estimate of drug-likeness (QED) is 0.0186. The predicted octanol–water partition coefficient (Wildman–Crippen LogP) is 7.17. The monoisotopic (exact) mass is 2370 g/mol. The molecule has 0 radical (unpaired) electrons. The van der Waals surface area contributed by atoms with Crippen LogP contribution in [-0.4, -0.2) is 320 Å². The first-order valence-electron chi connectivity index (χ1n) is 42.9. The number of aliphatic hydroxyl groups is 6. The SMILES string of the molecule is C=C1O[C@@H](N2C=CC(=O)CC2=O)[C@](C)(N=[N+]=[N-])[C@@H]1O.CC[C@@]1(F)O[C@@H](N2C=CC(=O)CC2=O)[C@](C)(N=[N+]=[N-])[C@@H]1C.C[C@@]1(N=[N+]=[N-])[C@H](O)[C@@H](CI)O[C@H]1N1C=CC(=O)CC1=O.C[C@@]1(N=[N+]=[N-])[C@H](O)[C@@H](CO)O[C@H]1N1C=CC(=O)CC1=O.C[C@H]1[C@@](C)(N=[N+]=[N-])[C@H](N2C=CC(=O)CC2=O)O[C@]1(F)CI.C[C@]1(N=[N+]=[N-])[C@H](N2C=CC(=O)CC2=O)O[C@](F)(CI)[C@H]1O.O=S.[3H]C[C@H]1O[C@@H](N2C=CC(=O)CC2=O)[C@](C)(N=[N+]=[N-])[C@@H]1O. The van der Waals surface area contributed by atoms with Gasteiger partial charge >= 0.3 is 0 Å². The molecule has 7 saturated heterocycles. The Hall–Kier alpha value is -11.6. The van der Waals surface area contributed by atoms with Crippen molar-refractivity contribution in [2.24, 2.45) is 47.6 Å². The molecule has 143 heavy (non-hydrogen) atoms. The highest BCUT2D eigenvalue weighted by atomic mass is 127. The highest BCUT2D eigenvalue weighted by molar-refractivity contribution is 14.1. The molecule has 7 fully saturated rings. The summed E-state index contributed by atoms with van der Waals surface area (Å²) >= 11 is 8.41. The highest BCUT2D eigenvalue weighted by Gasteiger charge is 2.67. The van der Waals surface area contributed by atoms with Gasteiger partial charge in [0.15, 0.2) is 96.6 Å². The second-order valence-corrected chi connectivity index (χ2v) is 37.0. The molecule has 0 aromatic rings. The van der Waals surface area contributed by atoms with E-state index < -0.39 is 209 Å². The normalized spacial score (nSPS) is 37.6. The number of ketones is 7. The molecule has 0 aromatic carbocycles. The third-order valence-corrected chi connectivity index (χ3v) is 28.3. The zero-order valence-corrected chi connectivity index (χ0v) is 84.4. The first-order valence-corrected chi connectivity index (χ1v) is 47.1. The Balaban J connectivity index is 0.000000227. The van der Waals surface area contributed by atoms with Crippen molar-refractivity contribution >= 4 is 162 Å². The number of carbonyl (C=O) groups excluding carboxylic acids is 14. The molecule has 7 amide bonds. The summed E-state index contributed by atoms with van der Waals surface area (Å²) < 4.78 is 97.6. The Labute approximate surface area is 855 Å². The van der Waals surface area contributed by atoms with Crippen molar-refractivity contribution in [2.45, 2.75) is 276 Å². The average molecular weight is 2370 g/mol. The maximum Gasteiger partial charge on any atom is 0.247 e. The number of hydrogen-bond acceptors (Lipinski definition) is 36. The van der Waals surface area contributed by atoms with Crippen molar-refractivity contribution in [1.82, 2.24) is 34.3 Å². The lowest BCUT2D eigenvalue weighted by Crippen LogP contribution is -2.53. The number of rotatable bonds is 19. The van der Waals surface area contributed by atoms with E-state index in [2.05, 4.69) is 89.3 Å². The van der Waals surface area contributed by atoms with Crippen molar-refractivity contribution in [2.75, 3.05) is 19.9 Å². The maximum atomic E-state index is 14.8. The molecule has 27 atom stereocenters. The molecule has 0 aliphatic carbocycles. The average Bonchev–Trinajstić information content (AvgIpc) is 1.58. The van der Waals surface area contributed by atoms with Gasteiger partial charge in [-0.3, -0.25) is 101 Å². The largest absolute Gasteiger partial charge is 0.471 e. The van der Waals surface area contributed by atoms with Crippen molar-refractivity contribution < 1.29 is 150 Å². The molecule has 14 heterocycles. The van der Waals surface area contributed by atoms with Crippen LogP contribution in [0.15, 0.2) is 134 Å². The summed E-state index contributed by atoms with van der Waals surface area (Å²) in [5, 5.41) is 84.8. The van der Waals surface area contributed by atoms with E-state index in [0.717, 1.165) is 41.7 Å². The van der Waals surface area contributed by atoms with Crippen molar-refractivity contribution in [3.05, 3.63) is 171 Å². The number of ether oxygens (including phenoxy) is 7. The molecular formula is C80H96F3I3N28O28S. The summed E-state index contributed by atoms with van der Waals surface area (Å²) in [4.78, 5) is 189.